The predicted molar refractivity (Wildman–Crippen MR) is 81.2 cm³/mol. The van der Waals surface area contributed by atoms with Crippen LogP contribution in [0.1, 0.15) is 20.8 Å². The summed E-state index contributed by atoms with van der Waals surface area (Å²) < 4.78 is 15.0. The molecule has 0 unspecified atom stereocenters. The van der Waals surface area contributed by atoms with Crippen molar-refractivity contribution in [3.05, 3.63) is 56.1 Å². The zero-order valence-electron chi connectivity index (χ0n) is 12.0. The Labute approximate surface area is 126 Å². The SMILES string of the molecule is CC(C)(C)Cn1c(=O)[nH]c(Cl)c(-c2ccccc2F)c1=O. The molecule has 0 spiro atoms. The van der Waals surface area contributed by atoms with Gasteiger partial charge in [-0.15, -0.1) is 0 Å². The van der Waals surface area contributed by atoms with Crippen molar-refractivity contribution in [2.45, 2.75) is 27.3 Å². The maximum Gasteiger partial charge on any atom is 0.329 e. The van der Waals surface area contributed by atoms with Gasteiger partial charge in [-0.1, -0.05) is 50.6 Å². The van der Waals surface area contributed by atoms with Crippen LogP contribution in [0.5, 0.6) is 0 Å². The predicted octanol–water partition coefficient (Wildman–Crippen LogP) is 3.04. The molecule has 0 amide bonds. The highest BCUT2D eigenvalue weighted by molar-refractivity contribution is 6.32. The van der Waals surface area contributed by atoms with E-state index in [-0.39, 0.29) is 28.2 Å². The number of rotatable bonds is 2. The topological polar surface area (TPSA) is 54.9 Å². The highest BCUT2D eigenvalue weighted by atomic mass is 35.5. The molecule has 2 rings (SSSR count). The van der Waals surface area contributed by atoms with Crippen LogP contribution in [-0.2, 0) is 6.54 Å². The third-order valence-electron chi connectivity index (χ3n) is 2.92. The highest BCUT2D eigenvalue weighted by Crippen LogP contribution is 2.24. The second-order valence-electron chi connectivity index (χ2n) is 6.05. The number of hydrogen-bond donors (Lipinski definition) is 1. The van der Waals surface area contributed by atoms with E-state index in [0.717, 1.165) is 4.57 Å². The molecule has 4 nitrogen and oxygen atoms in total. The maximum absolute atomic E-state index is 13.9. The van der Waals surface area contributed by atoms with E-state index in [1.165, 1.54) is 18.2 Å². The van der Waals surface area contributed by atoms with E-state index in [2.05, 4.69) is 4.98 Å². The Morgan fingerprint density at radius 3 is 2.43 bits per heavy atom. The molecule has 1 aromatic heterocycles. The fourth-order valence-electron chi connectivity index (χ4n) is 2.06. The van der Waals surface area contributed by atoms with Crippen molar-refractivity contribution < 1.29 is 4.39 Å². The number of halogens is 2. The summed E-state index contributed by atoms with van der Waals surface area (Å²) in [6, 6.07) is 5.82. The van der Waals surface area contributed by atoms with Crippen molar-refractivity contribution in [1.82, 2.24) is 9.55 Å². The van der Waals surface area contributed by atoms with Crippen LogP contribution in [-0.4, -0.2) is 9.55 Å². The molecule has 0 radical (unpaired) electrons. The number of hydrogen-bond acceptors (Lipinski definition) is 2. The van der Waals surface area contributed by atoms with Gasteiger partial charge >= 0.3 is 5.69 Å². The van der Waals surface area contributed by atoms with Gasteiger partial charge in [0.05, 0.1) is 5.56 Å². The van der Waals surface area contributed by atoms with E-state index in [4.69, 9.17) is 11.6 Å². The number of nitrogens with zero attached hydrogens (tertiary/aromatic N) is 1. The Balaban J connectivity index is 2.75. The number of benzene rings is 1. The largest absolute Gasteiger partial charge is 0.329 e. The molecular weight excluding hydrogens is 295 g/mol. The fraction of sp³-hybridized carbons (Fsp3) is 0.333. The molecule has 0 aliphatic rings. The number of aromatic amines is 1. The molecule has 0 fully saturated rings. The van der Waals surface area contributed by atoms with Gasteiger partial charge in [0, 0.05) is 12.1 Å². The summed E-state index contributed by atoms with van der Waals surface area (Å²) >= 11 is 5.95. The zero-order valence-corrected chi connectivity index (χ0v) is 12.8. The van der Waals surface area contributed by atoms with Gasteiger partial charge < -0.3 is 0 Å². The minimum absolute atomic E-state index is 0.0291. The second kappa shape index (κ2) is 5.48. The van der Waals surface area contributed by atoms with E-state index in [0.29, 0.717) is 0 Å². The summed E-state index contributed by atoms with van der Waals surface area (Å²) in [6.45, 7) is 5.91. The second-order valence-corrected chi connectivity index (χ2v) is 6.43. The monoisotopic (exact) mass is 310 g/mol. The molecule has 112 valence electrons. The molecule has 6 heteroatoms. The van der Waals surface area contributed by atoms with Gasteiger partial charge in [0.15, 0.2) is 0 Å². The van der Waals surface area contributed by atoms with E-state index in [1.54, 1.807) is 6.07 Å². The van der Waals surface area contributed by atoms with Crippen LogP contribution < -0.4 is 11.2 Å². The van der Waals surface area contributed by atoms with Crippen LogP contribution in [0.2, 0.25) is 5.15 Å². The summed E-state index contributed by atoms with van der Waals surface area (Å²) in [5.41, 5.74) is -1.43. The minimum Gasteiger partial charge on any atom is -0.297 e. The first-order valence-corrected chi connectivity index (χ1v) is 6.86. The molecule has 0 aliphatic heterocycles. The molecule has 0 atom stereocenters. The lowest BCUT2D eigenvalue weighted by atomic mass is 9.97. The Hall–Kier alpha value is -1.88. The summed E-state index contributed by atoms with van der Waals surface area (Å²) in [7, 11) is 0. The normalized spacial score (nSPS) is 11.7. The molecule has 2 aromatic rings. The first-order valence-electron chi connectivity index (χ1n) is 6.48. The van der Waals surface area contributed by atoms with Crippen molar-refractivity contribution in [2.75, 3.05) is 0 Å². The van der Waals surface area contributed by atoms with Gasteiger partial charge in [-0.25, -0.2) is 9.18 Å². The first-order chi connectivity index (χ1) is 9.70. The lowest BCUT2D eigenvalue weighted by Gasteiger charge is -2.19. The summed E-state index contributed by atoms with van der Waals surface area (Å²) in [4.78, 5) is 26.9. The molecule has 0 bridgehead atoms. The van der Waals surface area contributed by atoms with Crippen molar-refractivity contribution >= 4 is 11.6 Å². The quantitative estimate of drug-likeness (QED) is 0.867. The molecule has 0 saturated carbocycles. The average molecular weight is 311 g/mol. The van der Waals surface area contributed by atoms with Crippen molar-refractivity contribution in [2.24, 2.45) is 5.41 Å². The standard InChI is InChI=1S/C15H16ClFN2O2/c1-15(2,3)8-19-13(20)11(12(16)18-14(19)21)9-6-4-5-7-10(9)17/h4-7H,8H2,1-3H3,(H,18,21). The van der Waals surface area contributed by atoms with Gasteiger partial charge in [-0.2, -0.15) is 0 Å². The lowest BCUT2D eigenvalue weighted by Crippen LogP contribution is -2.39. The molecule has 1 N–H and O–H groups in total. The number of aromatic nitrogens is 2. The molecule has 21 heavy (non-hydrogen) atoms. The van der Waals surface area contributed by atoms with Gasteiger partial charge in [0.1, 0.15) is 11.0 Å². The Morgan fingerprint density at radius 2 is 1.86 bits per heavy atom. The molecule has 1 heterocycles. The zero-order chi connectivity index (χ0) is 15.8. The van der Waals surface area contributed by atoms with Crippen LogP contribution >= 0.6 is 11.6 Å². The summed E-state index contributed by atoms with van der Waals surface area (Å²) in [5, 5.41) is -0.153. The van der Waals surface area contributed by atoms with Gasteiger partial charge in [0.25, 0.3) is 5.56 Å². The van der Waals surface area contributed by atoms with Crippen LogP contribution in [0.3, 0.4) is 0 Å². The van der Waals surface area contributed by atoms with Gasteiger partial charge in [-0.3, -0.25) is 14.3 Å². The first kappa shape index (κ1) is 15.5. The van der Waals surface area contributed by atoms with Crippen LogP contribution in [0.25, 0.3) is 11.1 Å². The van der Waals surface area contributed by atoms with E-state index in [1.807, 2.05) is 20.8 Å². The molecule has 1 aromatic carbocycles. The van der Waals surface area contributed by atoms with E-state index < -0.39 is 17.1 Å². The average Bonchev–Trinajstić information content (AvgIpc) is 2.35. The fourth-order valence-corrected chi connectivity index (χ4v) is 2.32. The van der Waals surface area contributed by atoms with E-state index >= 15 is 0 Å². The maximum atomic E-state index is 13.9. The minimum atomic E-state index is -0.597. The molecule has 0 saturated heterocycles. The Morgan fingerprint density at radius 1 is 1.24 bits per heavy atom. The third kappa shape index (κ3) is 3.24. The smallest absolute Gasteiger partial charge is 0.297 e. The molecular formula is C15H16ClFN2O2. The van der Waals surface area contributed by atoms with Crippen molar-refractivity contribution in [3.8, 4) is 11.1 Å². The summed E-state index contributed by atoms with van der Waals surface area (Å²) in [5.74, 6) is -0.564. The van der Waals surface area contributed by atoms with Crippen LogP contribution in [0, 0.1) is 11.2 Å². The van der Waals surface area contributed by atoms with Crippen LogP contribution in [0.15, 0.2) is 33.9 Å². The Bertz CT molecular complexity index is 787. The van der Waals surface area contributed by atoms with Gasteiger partial charge in [-0.05, 0) is 11.5 Å². The van der Waals surface area contributed by atoms with E-state index in [9.17, 15) is 14.0 Å². The highest BCUT2D eigenvalue weighted by Gasteiger charge is 2.20. The summed E-state index contributed by atoms with van der Waals surface area (Å²) in [6.07, 6.45) is 0. The lowest BCUT2D eigenvalue weighted by molar-refractivity contribution is 0.331. The van der Waals surface area contributed by atoms with Gasteiger partial charge in [0.2, 0.25) is 0 Å². The third-order valence-corrected chi connectivity index (χ3v) is 3.20. The van der Waals surface area contributed by atoms with Crippen LogP contribution in [0.4, 0.5) is 4.39 Å². The Kier molecular flexibility index (Phi) is 4.05. The number of H-pyrrole nitrogens is 1. The molecule has 0 aliphatic carbocycles. The van der Waals surface area contributed by atoms with Crippen molar-refractivity contribution in [3.63, 3.8) is 0 Å². The van der Waals surface area contributed by atoms with Crippen molar-refractivity contribution in [1.29, 1.82) is 0 Å². The number of nitrogens with one attached hydrogen (secondary N) is 1.